The second-order valence-electron chi connectivity index (χ2n) is 7.55. The minimum absolute atomic E-state index is 0.514. The summed E-state index contributed by atoms with van der Waals surface area (Å²) in [4.78, 5) is 2.76. The van der Waals surface area contributed by atoms with Crippen molar-refractivity contribution in [2.45, 2.75) is 71.9 Å². The molecule has 2 fully saturated rings. The van der Waals surface area contributed by atoms with Crippen molar-refractivity contribution in [1.82, 2.24) is 10.2 Å². The van der Waals surface area contributed by atoms with Crippen LogP contribution in [0.1, 0.15) is 59.8 Å². The Labute approximate surface area is 114 Å². The Morgan fingerprint density at radius 2 is 1.61 bits per heavy atom. The fraction of sp³-hybridized carbons (Fsp3) is 1.00. The van der Waals surface area contributed by atoms with E-state index in [0.29, 0.717) is 11.5 Å². The van der Waals surface area contributed by atoms with Crippen LogP contribution in [-0.2, 0) is 0 Å². The first kappa shape index (κ1) is 14.3. The lowest BCUT2D eigenvalue weighted by atomic mass is 9.71. The second kappa shape index (κ2) is 5.92. The number of hydrogen-bond acceptors (Lipinski definition) is 2. The van der Waals surface area contributed by atoms with Crippen LogP contribution in [0.3, 0.4) is 0 Å². The van der Waals surface area contributed by atoms with Crippen LogP contribution in [0.25, 0.3) is 0 Å². The molecule has 0 aromatic carbocycles. The molecule has 0 spiro atoms. The molecule has 1 unspecified atom stereocenters. The van der Waals surface area contributed by atoms with Crippen LogP contribution < -0.4 is 5.32 Å². The van der Waals surface area contributed by atoms with Crippen molar-refractivity contribution in [3.63, 3.8) is 0 Å². The monoisotopic (exact) mass is 252 g/mol. The zero-order chi connectivity index (χ0) is 13.2. The van der Waals surface area contributed by atoms with Crippen molar-refractivity contribution in [2.24, 2.45) is 11.3 Å². The van der Waals surface area contributed by atoms with E-state index in [1.54, 1.807) is 0 Å². The van der Waals surface area contributed by atoms with Crippen LogP contribution in [-0.4, -0.2) is 36.6 Å². The van der Waals surface area contributed by atoms with Crippen molar-refractivity contribution in [3.05, 3.63) is 0 Å². The van der Waals surface area contributed by atoms with Gasteiger partial charge in [0.2, 0.25) is 0 Å². The van der Waals surface area contributed by atoms with Crippen molar-refractivity contribution < 1.29 is 0 Å². The van der Waals surface area contributed by atoms with E-state index in [-0.39, 0.29) is 0 Å². The Kier molecular flexibility index (Phi) is 4.71. The van der Waals surface area contributed by atoms with E-state index in [1.165, 1.54) is 51.7 Å². The Morgan fingerprint density at radius 3 is 2.22 bits per heavy atom. The molecule has 1 N–H and O–H groups in total. The predicted molar refractivity (Wildman–Crippen MR) is 78.9 cm³/mol. The van der Waals surface area contributed by atoms with Gasteiger partial charge in [-0.3, -0.25) is 4.90 Å². The lowest BCUT2D eigenvalue weighted by molar-refractivity contribution is 0.0994. The third-order valence-corrected chi connectivity index (χ3v) is 5.18. The summed E-state index contributed by atoms with van der Waals surface area (Å²) in [5.41, 5.74) is 0.514. The van der Waals surface area contributed by atoms with Crippen LogP contribution in [0.2, 0.25) is 0 Å². The van der Waals surface area contributed by atoms with E-state index in [0.717, 1.165) is 12.0 Å². The normalized spacial score (nSPS) is 36.3. The zero-order valence-electron chi connectivity index (χ0n) is 12.8. The number of nitrogens with one attached hydrogen (secondary N) is 1. The summed E-state index contributed by atoms with van der Waals surface area (Å²) in [6.07, 6.45) is 7.05. The fourth-order valence-electron chi connectivity index (χ4n) is 3.70. The van der Waals surface area contributed by atoms with Crippen LogP contribution in [0.5, 0.6) is 0 Å². The third-order valence-electron chi connectivity index (χ3n) is 5.18. The van der Waals surface area contributed by atoms with E-state index in [1.807, 2.05) is 0 Å². The molecule has 2 rings (SSSR count). The quantitative estimate of drug-likeness (QED) is 0.770. The largest absolute Gasteiger partial charge is 0.313 e. The standard InChI is InChI=1S/C16H32N2/c1-13-9-11-18(12-10-17-13)15-7-5-14(6-8-15)16(2,3)4/h13-15,17H,5-12H2,1-4H3. The summed E-state index contributed by atoms with van der Waals surface area (Å²) < 4.78 is 0. The first-order valence-electron chi connectivity index (χ1n) is 7.94. The molecule has 0 aromatic rings. The Morgan fingerprint density at radius 1 is 0.944 bits per heavy atom. The lowest BCUT2D eigenvalue weighted by Gasteiger charge is -2.40. The Hall–Kier alpha value is -0.0800. The number of nitrogens with zero attached hydrogens (tertiary/aromatic N) is 1. The summed E-state index contributed by atoms with van der Waals surface area (Å²) in [6.45, 7) is 13.3. The molecule has 1 saturated carbocycles. The van der Waals surface area contributed by atoms with Crippen molar-refractivity contribution in [2.75, 3.05) is 19.6 Å². The van der Waals surface area contributed by atoms with E-state index < -0.39 is 0 Å². The highest BCUT2D eigenvalue weighted by atomic mass is 15.2. The minimum atomic E-state index is 0.514. The minimum Gasteiger partial charge on any atom is -0.313 e. The highest BCUT2D eigenvalue weighted by molar-refractivity contribution is 4.86. The van der Waals surface area contributed by atoms with Gasteiger partial charge in [0.05, 0.1) is 0 Å². The highest BCUT2D eigenvalue weighted by Crippen LogP contribution is 2.39. The first-order valence-corrected chi connectivity index (χ1v) is 7.94. The molecular formula is C16H32N2. The van der Waals surface area contributed by atoms with Gasteiger partial charge in [-0.15, -0.1) is 0 Å². The van der Waals surface area contributed by atoms with Gasteiger partial charge in [0, 0.05) is 25.2 Å². The van der Waals surface area contributed by atoms with Crippen LogP contribution in [0, 0.1) is 11.3 Å². The van der Waals surface area contributed by atoms with E-state index in [9.17, 15) is 0 Å². The van der Waals surface area contributed by atoms with Crippen LogP contribution >= 0.6 is 0 Å². The lowest BCUT2D eigenvalue weighted by Crippen LogP contribution is -2.41. The van der Waals surface area contributed by atoms with Gasteiger partial charge < -0.3 is 5.32 Å². The van der Waals surface area contributed by atoms with Crippen molar-refractivity contribution >= 4 is 0 Å². The molecule has 1 saturated heterocycles. The molecule has 1 aliphatic heterocycles. The average molecular weight is 252 g/mol. The maximum absolute atomic E-state index is 3.60. The van der Waals surface area contributed by atoms with Crippen LogP contribution in [0.4, 0.5) is 0 Å². The summed E-state index contributed by atoms with van der Waals surface area (Å²) in [5.74, 6) is 0.942. The first-order chi connectivity index (χ1) is 8.47. The topological polar surface area (TPSA) is 15.3 Å². The molecule has 18 heavy (non-hydrogen) atoms. The van der Waals surface area contributed by atoms with Gasteiger partial charge in [-0.1, -0.05) is 20.8 Å². The smallest absolute Gasteiger partial charge is 0.0110 e. The van der Waals surface area contributed by atoms with E-state index >= 15 is 0 Å². The maximum atomic E-state index is 3.60. The van der Waals surface area contributed by atoms with E-state index in [4.69, 9.17) is 0 Å². The van der Waals surface area contributed by atoms with Gasteiger partial charge in [0.15, 0.2) is 0 Å². The zero-order valence-corrected chi connectivity index (χ0v) is 12.8. The summed E-state index contributed by atoms with van der Waals surface area (Å²) in [5, 5.41) is 3.60. The van der Waals surface area contributed by atoms with Gasteiger partial charge in [-0.2, -0.15) is 0 Å². The molecule has 0 amide bonds. The molecule has 2 nitrogen and oxygen atoms in total. The average Bonchev–Trinajstić information content (AvgIpc) is 2.53. The fourth-order valence-corrected chi connectivity index (χ4v) is 3.70. The van der Waals surface area contributed by atoms with Gasteiger partial charge in [0.25, 0.3) is 0 Å². The van der Waals surface area contributed by atoms with Crippen molar-refractivity contribution in [3.8, 4) is 0 Å². The molecule has 2 aliphatic rings. The Balaban J connectivity index is 1.82. The molecule has 1 atom stereocenters. The van der Waals surface area contributed by atoms with Gasteiger partial charge in [0.1, 0.15) is 0 Å². The molecular weight excluding hydrogens is 220 g/mol. The molecule has 106 valence electrons. The van der Waals surface area contributed by atoms with E-state index in [2.05, 4.69) is 37.9 Å². The van der Waals surface area contributed by atoms with Crippen molar-refractivity contribution in [1.29, 1.82) is 0 Å². The second-order valence-corrected chi connectivity index (χ2v) is 7.55. The highest BCUT2D eigenvalue weighted by Gasteiger charge is 2.32. The van der Waals surface area contributed by atoms with Gasteiger partial charge in [-0.25, -0.2) is 0 Å². The molecule has 0 aromatic heterocycles. The maximum Gasteiger partial charge on any atom is 0.0110 e. The molecule has 1 heterocycles. The van der Waals surface area contributed by atoms with Gasteiger partial charge >= 0.3 is 0 Å². The molecule has 0 radical (unpaired) electrons. The molecule has 2 heteroatoms. The SMILES string of the molecule is CC1CCN(C2CCC(C(C)(C)C)CC2)CCN1. The summed E-state index contributed by atoms with van der Waals surface area (Å²) in [7, 11) is 0. The summed E-state index contributed by atoms with van der Waals surface area (Å²) in [6, 6.07) is 1.58. The predicted octanol–water partition coefficient (Wildman–Crippen LogP) is 3.28. The van der Waals surface area contributed by atoms with Crippen LogP contribution in [0.15, 0.2) is 0 Å². The molecule has 1 aliphatic carbocycles. The summed E-state index contributed by atoms with van der Waals surface area (Å²) >= 11 is 0. The number of hydrogen-bond donors (Lipinski definition) is 1. The molecule has 0 bridgehead atoms. The third kappa shape index (κ3) is 3.71. The Bertz CT molecular complexity index is 248. The van der Waals surface area contributed by atoms with Gasteiger partial charge in [-0.05, 0) is 56.9 Å². The number of rotatable bonds is 1.